The van der Waals surface area contributed by atoms with Crippen molar-refractivity contribution in [3.05, 3.63) is 28.8 Å². The van der Waals surface area contributed by atoms with Crippen molar-refractivity contribution in [1.29, 1.82) is 0 Å². The van der Waals surface area contributed by atoms with Gasteiger partial charge in [0.15, 0.2) is 0 Å². The van der Waals surface area contributed by atoms with Crippen LogP contribution in [0, 0.1) is 0 Å². The van der Waals surface area contributed by atoms with Crippen LogP contribution < -0.4 is 10.5 Å². The van der Waals surface area contributed by atoms with Gasteiger partial charge in [-0.25, -0.2) is 13.6 Å². The lowest BCUT2D eigenvalue weighted by Gasteiger charge is -2.14. The van der Waals surface area contributed by atoms with Gasteiger partial charge in [-0.15, -0.1) is 0 Å². The van der Waals surface area contributed by atoms with E-state index in [4.69, 9.17) is 21.5 Å². The molecule has 1 aromatic carbocycles. The fraction of sp³-hybridized carbons (Fsp3) is 0.417. The number of halogens is 1. The lowest BCUT2D eigenvalue weighted by molar-refractivity contribution is 0.0929. The summed E-state index contributed by atoms with van der Waals surface area (Å²) in [6.45, 7) is 2.33. The van der Waals surface area contributed by atoms with Gasteiger partial charge in [-0.2, -0.15) is 0 Å². The van der Waals surface area contributed by atoms with E-state index in [-0.39, 0.29) is 21.5 Å². The molecule has 1 rings (SSSR count). The van der Waals surface area contributed by atoms with Crippen LogP contribution in [0.25, 0.3) is 0 Å². The lowest BCUT2D eigenvalue weighted by atomic mass is 10.2. The van der Waals surface area contributed by atoms with Crippen molar-refractivity contribution in [2.75, 3.05) is 13.7 Å². The highest BCUT2D eigenvalue weighted by Crippen LogP contribution is 2.18. The van der Waals surface area contributed by atoms with Crippen LogP contribution in [0.4, 0.5) is 0 Å². The van der Waals surface area contributed by atoms with Crippen LogP contribution in [-0.4, -0.2) is 34.1 Å². The second-order valence-electron chi connectivity index (χ2n) is 4.38. The van der Waals surface area contributed by atoms with E-state index in [1.54, 1.807) is 7.11 Å². The molecule has 6 nitrogen and oxygen atoms in total. The minimum absolute atomic E-state index is 0.112. The average Bonchev–Trinajstić information content (AvgIpc) is 2.34. The zero-order valence-electron chi connectivity index (χ0n) is 11.2. The number of rotatable bonds is 6. The van der Waals surface area contributed by atoms with Gasteiger partial charge in [0.2, 0.25) is 10.0 Å². The first-order chi connectivity index (χ1) is 9.24. The van der Waals surface area contributed by atoms with Crippen LogP contribution in [0.3, 0.4) is 0 Å². The fourth-order valence-corrected chi connectivity index (χ4v) is 2.41. The quantitative estimate of drug-likeness (QED) is 0.821. The van der Waals surface area contributed by atoms with Gasteiger partial charge in [-0.05, 0) is 31.5 Å². The highest BCUT2D eigenvalue weighted by atomic mass is 35.5. The number of amides is 1. The van der Waals surface area contributed by atoms with Crippen molar-refractivity contribution in [2.45, 2.75) is 24.3 Å². The summed E-state index contributed by atoms with van der Waals surface area (Å²) in [5, 5.41) is 7.88. The first-order valence-corrected chi connectivity index (χ1v) is 7.79. The van der Waals surface area contributed by atoms with Gasteiger partial charge in [0.05, 0.1) is 4.90 Å². The molecule has 0 aromatic heterocycles. The standard InChI is InChI=1S/C12H17ClN2O4S/c1-8(3-4-19-2)15-12(16)9-5-10(13)7-11(6-9)20(14,17)18/h5-8H,3-4H2,1-2H3,(H,15,16)(H2,14,17,18). The van der Waals surface area contributed by atoms with Crippen LogP contribution in [0.1, 0.15) is 23.7 Å². The molecule has 0 fully saturated rings. The van der Waals surface area contributed by atoms with E-state index in [9.17, 15) is 13.2 Å². The van der Waals surface area contributed by atoms with Gasteiger partial charge in [0.25, 0.3) is 5.91 Å². The maximum absolute atomic E-state index is 12.0. The first kappa shape index (κ1) is 16.9. The van der Waals surface area contributed by atoms with Crippen LogP contribution in [0.2, 0.25) is 5.02 Å². The number of ether oxygens (including phenoxy) is 1. The largest absolute Gasteiger partial charge is 0.385 e. The third-order valence-corrected chi connectivity index (χ3v) is 3.71. The summed E-state index contributed by atoms with van der Waals surface area (Å²) in [7, 11) is -2.34. The van der Waals surface area contributed by atoms with Crippen molar-refractivity contribution in [3.63, 3.8) is 0 Å². The van der Waals surface area contributed by atoms with Gasteiger partial charge in [-0.1, -0.05) is 11.6 Å². The number of hydrogen-bond acceptors (Lipinski definition) is 4. The molecule has 0 aliphatic rings. The lowest BCUT2D eigenvalue weighted by Crippen LogP contribution is -2.33. The second-order valence-corrected chi connectivity index (χ2v) is 6.37. The molecule has 1 aromatic rings. The molecule has 0 saturated carbocycles. The number of hydrogen-bond donors (Lipinski definition) is 2. The maximum Gasteiger partial charge on any atom is 0.251 e. The molecule has 20 heavy (non-hydrogen) atoms. The predicted molar refractivity (Wildman–Crippen MR) is 76.2 cm³/mol. The summed E-state index contributed by atoms with van der Waals surface area (Å²) in [6, 6.07) is 3.66. The van der Waals surface area contributed by atoms with E-state index >= 15 is 0 Å². The summed E-state index contributed by atoms with van der Waals surface area (Å²) in [5.41, 5.74) is 0.144. The number of sulfonamides is 1. The Morgan fingerprint density at radius 3 is 2.65 bits per heavy atom. The third kappa shape index (κ3) is 5.09. The minimum Gasteiger partial charge on any atom is -0.385 e. The molecule has 0 spiro atoms. The van der Waals surface area contributed by atoms with Crippen LogP contribution in [-0.2, 0) is 14.8 Å². The molecule has 112 valence electrons. The summed E-state index contributed by atoms with van der Waals surface area (Å²) in [6.07, 6.45) is 0.644. The Kier molecular flexibility index (Phi) is 5.94. The van der Waals surface area contributed by atoms with Gasteiger partial charge >= 0.3 is 0 Å². The Labute approximate surface area is 123 Å². The van der Waals surface area contributed by atoms with E-state index in [2.05, 4.69) is 5.32 Å². The molecule has 1 unspecified atom stereocenters. The Balaban J connectivity index is 2.91. The molecule has 3 N–H and O–H groups in total. The number of carbonyl (C=O) groups is 1. The van der Waals surface area contributed by atoms with E-state index in [1.165, 1.54) is 18.2 Å². The second kappa shape index (κ2) is 7.03. The topological polar surface area (TPSA) is 98.5 Å². The van der Waals surface area contributed by atoms with E-state index in [1.807, 2.05) is 6.92 Å². The normalized spacial score (nSPS) is 13.0. The number of nitrogens with one attached hydrogen (secondary N) is 1. The number of benzene rings is 1. The maximum atomic E-state index is 12.0. The van der Waals surface area contributed by atoms with Crippen LogP contribution in [0.5, 0.6) is 0 Å². The number of primary sulfonamides is 1. The fourth-order valence-electron chi connectivity index (χ4n) is 1.53. The summed E-state index contributed by atoms with van der Waals surface area (Å²) in [5.74, 6) is -0.416. The number of methoxy groups -OCH3 is 1. The number of carbonyl (C=O) groups excluding carboxylic acids is 1. The molecule has 8 heteroatoms. The highest BCUT2D eigenvalue weighted by molar-refractivity contribution is 7.89. The molecular formula is C12H17ClN2O4S. The summed E-state index contributed by atoms with van der Waals surface area (Å²) >= 11 is 5.80. The zero-order chi connectivity index (χ0) is 15.3. The molecule has 1 amide bonds. The SMILES string of the molecule is COCCC(C)NC(=O)c1cc(Cl)cc(S(N)(=O)=O)c1. The van der Waals surface area contributed by atoms with Crippen molar-refractivity contribution in [1.82, 2.24) is 5.32 Å². The van der Waals surface area contributed by atoms with Crippen molar-refractivity contribution in [3.8, 4) is 0 Å². The zero-order valence-corrected chi connectivity index (χ0v) is 12.8. The summed E-state index contributed by atoms with van der Waals surface area (Å²) < 4.78 is 27.5. The predicted octanol–water partition coefficient (Wildman–Crippen LogP) is 1.14. The Morgan fingerprint density at radius 1 is 1.45 bits per heavy atom. The third-order valence-electron chi connectivity index (χ3n) is 2.59. The molecule has 0 heterocycles. The van der Waals surface area contributed by atoms with Gasteiger partial charge in [0.1, 0.15) is 0 Å². The van der Waals surface area contributed by atoms with Gasteiger partial charge in [0, 0.05) is 30.3 Å². The number of nitrogens with two attached hydrogens (primary N) is 1. The molecule has 0 bridgehead atoms. The molecular weight excluding hydrogens is 304 g/mol. The average molecular weight is 321 g/mol. The molecule has 0 aliphatic heterocycles. The van der Waals surface area contributed by atoms with E-state index in [0.717, 1.165) is 0 Å². The highest BCUT2D eigenvalue weighted by Gasteiger charge is 2.15. The molecule has 0 aliphatic carbocycles. The Hall–Kier alpha value is -1.15. The first-order valence-electron chi connectivity index (χ1n) is 5.87. The van der Waals surface area contributed by atoms with Crippen LogP contribution in [0.15, 0.2) is 23.1 Å². The van der Waals surface area contributed by atoms with E-state index < -0.39 is 15.9 Å². The molecule has 0 saturated heterocycles. The van der Waals surface area contributed by atoms with E-state index in [0.29, 0.717) is 13.0 Å². The minimum atomic E-state index is -3.91. The van der Waals surface area contributed by atoms with Crippen molar-refractivity contribution in [2.24, 2.45) is 5.14 Å². The monoisotopic (exact) mass is 320 g/mol. The van der Waals surface area contributed by atoms with Crippen molar-refractivity contribution < 1.29 is 17.9 Å². The molecule has 0 radical (unpaired) electrons. The Bertz CT molecular complexity index is 589. The smallest absolute Gasteiger partial charge is 0.251 e. The summed E-state index contributed by atoms with van der Waals surface area (Å²) in [4.78, 5) is 11.8. The Morgan fingerprint density at radius 2 is 2.10 bits per heavy atom. The van der Waals surface area contributed by atoms with Gasteiger partial charge < -0.3 is 10.1 Å². The van der Waals surface area contributed by atoms with Crippen molar-refractivity contribution >= 4 is 27.5 Å². The van der Waals surface area contributed by atoms with Gasteiger partial charge in [-0.3, -0.25) is 4.79 Å². The molecule has 1 atom stereocenters. The van der Waals surface area contributed by atoms with Crippen LogP contribution >= 0.6 is 11.6 Å².